The van der Waals surface area contributed by atoms with E-state index in [1.54, 1.807) is 31.6 Å². The molecule has 2 aromatic heterocycles. The van der Waals surface area contributed by atoms with Gasteiger partial charge in [0.25, 0.3) is 0 Å². The summed E-state index contributed by atoms with van der Waals surface area (Å²) in [5, 5.41) is 0.467. The number of hydrogen-bond acceptors (Lipinski definition) is 4. The Bertz CT molecular complexity index is 1240. The zero-order chi connectivity index (χ0) is 20.4. The number of carbonyl (C=O) groups is 1. The van der Waals surface area contributed by atoms with Crippen molar-refractivity contribution in [3.05, 3.63) is 94.5 Å². The van der Waals surface area contributed by atoms with Gasteiger partial charge in [-0.3, -0.25) is 9.78 Å². The number of ether oxygens (including phenoxy) is 1. The topological polar surface area (TPSA) is 61.2 Å². The van der Waals surface area contributed by atoms with E-state index in [1.807, 2.05) is 60.0 Å². The Morgan fingerprint density at radius 3 is 2.41 bits per heavy atom. The van der Waals surface area contributed by atoms with Crippen molar-refractivity contribution in [1.29, 1.82) is 0 Å². The minimum absolute atomic E-state index is 0.0246. The Labute approximate surface area is 168 Å². The zero-order valence-electron chi connectivity index (χ0n) is 16.3. The maximum Gasteiger partial charge on any atom is 0.343 e. The van der Waals surface area contributed by atoms with Gasteiger partial charge in [0, 0.05) is 29.7 Å². The summed E-state index contributed by atoms with van der Waals surface area (Å²) >= 11 is 0. The fraction of sp³-hybridized carbons (Fsp3) is 0.125. The number of aryl methyl sites for hydroxylation is 1. The fourth-order valence-electron chi connectivity index (χ4n) is 3.32. The first-order valence-electron chi connectivity index (χ1n) is 9.42. The highest BCUT2D eigenvalue weighted by atomic mass is 16.5. The van der Waals surface area contributed by atoms with Crippen LogP contribution in [0, 0.1) is 6.92 Å². The Morgan fingerprint density at radius 1 is 1.00 bits per heavy atom. The molecule has 0 fully saturated rings. The van der Waals surface area contributed by atoms with Crippen LogP contribution in [-0.4, -0.2) is 22.1 Å². The molecule has 0 unspecified atom stereocenters. The summed E-state index contributed by atoms with van der Waals surface area (Å²) in [5.74, 6) is -0.613. The van der Waals surface area contributed by atoms with Crippen molar-refractivity contribution in [2.24, 2.45) is 0 Å². The zero-order valence-corrected chi connectivity index (χ0v) is 16.3. The quantitative estimate of drug-likeness (QED) is 0.485. The molecule has 0 spiro atoms. The van der Waals surface area contributed by atoms with Gasteiger partial charge in [0.2, 0.25) is 5.43 Å². The Kier molecular flexibility index (Phi) is 4.96. The minimum Gasteiger partial charge on any atom is -0.462 e. The molecule has 0 amide bonds. The molecule has 5 nitrogen and oxygen atoms in total. The van der Waals surface area contributed by atoms with Crippen molar-refractivity contribution in [2.45, 2.75) is 13.8 Å². The molecule has 2 aromatic carbocycles. The van der Waals surface area contributed by atoms with Crippen LogP contribution in [0.3, 0.4) is 0 Å². The lowest BCUT2D eigenvalue weighted by molar-refractivity contribution is 0.0524. The van der Waals surface area contributed by atoms with E-state index >= 15 is 0 Å². The summed E-state index contributed by atoms with van der Waals surface area (Å²) < 4.78 is 6.97. The summed E-state index contributed by atoms with van der Waals surface area (Å²) in [6.45, 7) is 3.94. The van der Waals surface area contributed by atoms with E-state index in [0.717, 1.165) is 27.9 Å². The summed E-state index contributed by atoms with van der Waals surface area (Å²) in [5.41, 5.74) is 4.37. The van der Waals surface area contributed by atoms with Crippen LogP contribution in [0.4, 0.5) is 0 Å². The van der Waals surface area contributed by atoms with Crippen LogP contribution in [-0.2, 0) is 4.74 Å². The molecule has 0 saturated heterocycles. The third kappa shape index (κ3) is 3.55. The first kappa shape index (κ1) is 18.6. The van der Waals surface area contributed by atoms with E-state index in [4.69, 9.17) is 4.74 Å². The third-order valence-corrected chi connectivity index (χ3v) is 4.83. The lowest BCUT2D eigenvalue weighted by Crippen LogP contribution is -2.20. The van der Waals surface area contributed by atoms with E-state index in [2.05, 4.69) is 4.98 Å². The highest BCUT2D eigenvalue weighted by molar-refractivity contribution is 5.95. The molecular weight excluding hydrogens is 364 g/mol. The standard InChI is InChI=1S/C24H20N2O3/c1-3-29-24(28)21-15-26(19-7-4-16(2)5-8-19)22-14-18(6-9-20(22)23(21)27)17-10-12-25-13-11-17/h4-15H,3H2,1-2H3. The monoisotopic (exact) mass is 384 g/mol. The van der Waals surface area contributed by atoms with E-state index in [0.29, 0.717) is 5.39 Å². The van der Waals surface area contributed by atoms with Crippen LogP contribution < -0.4 is 5.43 Å². The molecule has 0 aliphatic heterocycles. The molecule has 0 aliphatic carbocycles. The van der Waals surface area contributed by atoms with Gasteiger partial charge in [0.05, 0.1) is 12.1 Å². The van der Waals surface area contributed by atoms with Gasteiger partial charge < -0.3 is 9.30 Å². The summed E-state index contributed by atoms with van der Waals surface area (Å²) in [7, 11) is 0. The third-order valence-electron chi connectivity index (χ3n) is 4.83. The molecule has 29 heavy (non-hydrogen) atoms. The Hall–Kier alpha value is -3.73. The predicted molar refractivity (Wildman–Crippen MR) is 113 cm³/mol. The maximum absolute atomic E-state index is 13.0. The SMILES string of the molecule is CCOC(=O)c1cn(-c2ccc(C)cc2)c2cc(-c3ccncc3)ccc2c1=O. The van der Waals surface area contributed by atoms with Crippen molar-refractivity contribution in [3.63, 3.8) is 0 Å². The molecule has 0 bridgehead atoms. The van der Waals surface area contributed by atoms with Gasteiger partial charge in [-0.15, -0.1) is 0 Å². The van der Waals surface area contributed by atoms with Crippen molar-refractivity contribution < 1.29 is 9.53 Å². The first-order valence-corrected chi connectivity index (χ1v) is 9.42. The Balaban J connectivity index is 2.02. The largest absolute Gasteiger partial charge is 0.462 e. The van der Waals surface area contributed by atoms with Crippen LogP contribution in [0.1, 0.15) is 22.8 Å². The second kappa shape index (κ2) is 7.72. The summed E-state index contributed by atoms with van der Waals surface area (Å²) in [4.78, 5) is 29.5. The summed E-state index contributed by atoms with van der Waals surface area (Å²) in [6, 6.07) is 17.4. The van der Waals surface area contributed by atoms with Gasteiger partial charge in [-0.1, -0.05) is 23.8 Å². The number of carbonyl (C=O) groups excluding carboxylic acids is 1. The van der Waals surface area contributed by atoms with E-state index < -0.39 is 5.97 Å². The van der Waals surface area contributed by atoms with Gasteiger partial charge >= 0.3 is 5.97 Å². The smallest absolute Gasteiger partial charge is 0.343 e. The lowest BCUT2D eigenvalue weighted by Gasteiger charge is -2.15. The summed E-state index contributed by atoms with van der Waals surface area (Å²) in [6.07, 6.45) is 5.04. The molecule has 5 heteroatoms. The van der Waals surface area contributed by atoms with Gasteiger partial charge in [-0.2, -0.15) is 0 Å². The van der Waals surface area contributed by atoms with Gasteiger partial charge in [-0.05, 0) is 61.4 Å². The average Bonchev–Trinajstić information content (AvgIpc) is 2.75. The molecule has 0 saturated carbocycles. The molecule has 4 rings (SSSR count). The predicted octanol–water partition coefficient (Wildman–Crippen LogP) is 4.54. The van der Waals surface area contributed by atoms with Gasteiger partial charge in [-0.25, -0.2) is 4.79 Å². The number of fused-ring (bicyclic) bond motifs is 1. The number of esters is 1. The van der Waals surface area contributed by atoms with E-state index in [1.165, 1.54) is 0 Å². The molecular formula is C24H20N2O3. The maximum atomic E-state index is 13.0. The molecule has 0 radical (unpaired) electrons. The van der Waals surface area contributed by atoms with Crippen molar-refractivity contribution in [3.8, 4) is 16.8 Å². The Morgan fingerprint density at radius 2 is 1.72 bits per heavy atom. The second-order valence-corrected chi connectivity index (χ2v) is 6.77. The fourth-order valence-corrected chi connectivity index (χ4v) is 3.32. The highest BCUT2D eigenvalue weighted by Crippen LogP contribution is 2.25. The number of nitrogens with zero attached hydrogens (tertiary/aromatic N) is 2. The molecule has 4 aromatic rings. The number of hydrogen-bond donors (Lipinski definition) is 0. The molecule has 0 aliphatic rings. The van der Waals surface area contributed by atoms with Crippen molar-refractivity contribution in [2.75, 3.05) is 6.61 Å². The van der Waals surface area contributed by atoms with Gasteiger partial charge in [0.1, 0.15) is 5.56 Å². The van der Waals surface area contributed by atoms with Crippen LogP contribution in [0.2, 0.25) is 0 Å². The van der Waals surface area contributed by atoms with Crippen LogP contribution in [0.5, 0.6) is 0 Å². The van der Waals surface area contributed by atoms with Crippen LogP contribution in [0.15, 0.2) is 78.0 Å². The normalized spacial score (nSPS) is 10.8. The first-order chi connectivity index (χ1) is 14.1. The second-order valence-electron chi connectivity index (χ2n) is 6.77. The molecule has 2 heterocycles. The molecule has 144 valence electrons. The van der Waals surface area contributed by atoms with E-state index in [-0.39, 0.29) is 17.6 Å². The number of benzene rings is 2. The van der Waals surface area contributed by atoms with Gasteiger partial charge in [0.15, 0.2) is 0 Å². The number of rotatable bonds is 4. The highest BCUT2D eigenvalue weighted by Gasteiger charge is 2.17. The number of aromatic nitrogens is 2. The van der Waals surface area contributed by atoms with E-state index in [9.17, 15) is 9.59 Å². The van der Waals surface area contributed by atoms with Crippen molar-refractivity contribution >= 4 is 16.9 Å². The van der Waals surface area contributed by atoms with Crippen LogP contribution >= 0.6 is 0 Å². The average molecular weight is 384 g/mol. The molecule has 0 atom stereocenters. The lowest BCUT2D eigenvalue weighted by atomic mass is 10.0. The number of pyridine rings is 2. The van der Waals surface area contributed by atoms with Crippen LogP contribution in [0.25, 0.3) is 27.7 Å². The molecule has 0 N–H and O–H groups in total. The minimum atomic E-state index is -0.613. The van der Waals surface area contributed by atoms with Crippen molar-refractivity contribution in [1.82, 2.24) is 9.55 Å².